The van der Waals surface area contributed by atoms with Gasteiger partial charge in [0.05, 0.1) is 9.09 Å². The van der Waals surface area contributed by atoms with Crippen molar-refractivity contribution >= 4 is 28.9 Å². The first-order chi connectivity index (χ1) is 9.87. The Balaban J connectivity index is 2.17. The second-order valence-corrected chi connectivity index (χ2v) is 9.28. The summed E-state index contributed by atoms with van der Waals surface area (Å²) in [5.74, 6) is 0.841. The predicted octanol–water partition coefficient (Wildman–Crippen LogP) is 3.58. The van der Waals surface area contributed by atoms with E-state index in [1.807, 2.05) is 0 Å². The van der Waals surface area contributed by atoms with Crippen molar-refractivity contribution in [1.82, 2.24) is 20.6 Å². The molecule has 2 heterocycles. The predicted molar refractivity (Wildman–Crippen MR) is 84.9 cm³/mol. The molecule has 0 atom stereocenters. The number of hydrogen-bond donors (Lipinski definition) is 1. The highest BCUT2D eigenvalue weighted by Gasteiger charge is 2.37. The Bertz CT molecular complexity index is 673. The van der Waals surface area contributed by atoms with Crippen LogP contribution in [0, 0.1) is 5.41 Å². The van der Waals surface area contributed by atoms with Gasteiger partial charge in [-0.15, -0.1) is 33.3 Å². The van der Waals surface area contributed by atoms with Crippen LogP contribution in [-0.4, -0.2) is 31.7 Å². The van der Waals surface area contributed by atoms with E-state index in [1.165, 1.54) is 0 Å². The third-order valence-corrected chi connectivity index (χ3v) is 5.89. The van der Waals surface area contributed by atoms with Gasteiger partial charge in [-0.25, -0.2) is 0 Å². The van der Waals surface area contributed by atoms with E-state index in [0.29, 0.717) is 17.5 Å². The SMILES string of the molecule is CC(C)Sc1sc(-c2nn[nH]n2)c2c1C(=O)CC(C)(C)C2. The largest absolute Gasteiger partial charge is 0.294 e. The topological polar surface area (TPSA) is 71.5 Å². The second kappa shape index (κ2) is 5.21. The van der Waals surface area contributed by atoms with E-state index in [9.17, 15) is 4.79 Å². The van der Waals surface area contributed by atoms with Gasteiger partial charge < -0.3 is 0 Å². The van der Waals surface area contributed by atoms with Crippen LogP contribution in [0.5, 0.6) is 0 Å². The van der Waals surface area contributed by atoms with Gasteiger partial charge in [0.1, 0.15) is 0 Å². The number of aromatic amines is 1. The van der Waals surface area contributed by atoms with Crippen molar-refractivity contribution in [2.75, 3.05) is 0 Å². The van der Waals surface area contributed by atoms with Gasteiger partial charge in [-0.3, -0.25) is 4.79 Å². The maximum absolute atomic E-state index is 12.6. The number of Topliss-reactive ketones (excluding diaryl/α,β-unsaturated/α-hetero) is 1. The van der Waals surface area contributed by atoms with Crippen molar-refractivity contribution in [3.8, 4) is 10.7 Å². The zero-order chi connectivity index (χ0) is 15.2. The summed E-state index contributed by atoms with van der Waals surface area (Å²) in [6.45, 7) is 8.56. The van der Waals surface area contributed by atoms with Crippen LogP contribution in [0.3, 0.4) is 0 Å². The Morgan fingerprint density at radius 3 is 2.71 bits per heavy atom. The third kappa shape index (κ3) is 2.76. The van der Waals surface area contributed by atoms with Crippen LogP contribution in [0.1, 0.15) is 50.0 Å². The molecule has 0 saturated carbocycles. The average molecular weight is 322 g/mol. The van der Waals surface area contributed by atoms with Crippen LogP contribution >= 0.6 is 23.1 Å². The number of ketones is 1. The normalized spacial score (nSPS) is 17.3. The smallest absolute Gasteiger partial charge is 0.214 e. The quantitative estimate of drug-likeness (QED) is 0.874. The summed E-state index contributed by atoms with van der Waals surface area (Å²) in [4.78, 5) is 13.6. The van der Waals surface area contributed by atoms with E-state index in [2.05, 4.69) is 48.3 Å². The van der Waals surface area contributed by atoms with Crippen molar-refractivity contribution in [3.05, 3.63) is 11.1 Å². The number of aromatic nitrogens is 4. The number of thiophene rings is 1. The van der Waals surface area contributed by atoms with Crippen molar-refractivity contribution < 1.29 is 4.79 Å². The molecule has 7 heteroatoms. The van der Waals surface area contributed by atoms with Gasteiger partial charge in [0, 0.05) is 17.2 Å². The van der Waals surface area contributed by atoms with Gasteiger partial charge in [0.2, 0.25) is 5.82 Å². The summed E-state index contributed by atoms with van der Waals surface area (Å²) in [6, 6.07) is 0. The Morgan fingerprint density at radius 2 is 2.10 bits per heavy atom. The Kier molecular flexibility index (Phi) is 3.65. The molecule has 1 aliphatic rings. The fourth-order valence-corrected chi connectivity index (χ4v) is 5.50. The summed E-state index contributed by atoms with van der Waals surface area (Å²) < 4.78 is 1.10. The van der Waals surface area contributed by atoms with Crippen LogP contribution < -0.4 is 0 Å². The molecule has 1 N–H and O–H groups in total. The number of H-pyrrole nitrogens is 1. The molecule has 0 amide bonds. The molecule has 0 aliphatic heterocycles. The Morgan fingerprint density at radius 1 is 1.33 bits per heavy atom. The monoisotopic (exact) mass is 322 g/mol. The van der Waals surface area contributed by atoms with Gasteiger partial charge >= 0.3 is 0 Å². The number of thioether (sulfide) groups is 1. The lowest BCUT2D eigenvalue weighted by Crippen LogP contribution is -2.26. The molecule has 0 saturated heterocycles. The van der Waals surface area contributed by atoms with Crippen LogP contribution in [0.4, 0.5) is 0 Å². The van der Waals surface area contributed by atoms with Crippen molar-refractivity contribution in [2.24, 2.45) is 5.41 Å². The minimum atomic E-state index is -0.0105. The number of nitrogens with one attached hydrogen (secondary N) is 1. The van der Waals surface area contributed by atoms with E-state index in [1.54, 1.807) is 23.1 Å². The highest BCUT2D eigenvalue weighted by atomic mass is 32.2. The molecule has 5 nitrogen and oxygen atoms in total. The van der Waals surface area contributed by atoms with Crippen LogP contribution in [0.15, 0.2) is 4.21 Å². The van der Waals surface area contributed by atoms with E-state index >= 15 is 0 Å². The molecule has 0 bridgehead atoms. The minimum Gasteiger partial charge on any atom is -0.294 e. The summed E-state index contributed by atoms with van der Waals surface area (Å²) in [6.07, 6.45) is 1.49. The van der Waals surface area contributed by atoms with E-state index in [4.69, 9.17) is 0 Å². The van der Waals surface area contributed by atoms with Gasteiger partial charge in [-0.1, -0.05) is 27.7 Å². The molecular formula is C14H18N4OS2. The molecule has 112 valence electrons. The van der Waals surface area contributed by atoms with Crippen molar-refractivity contribution in [3.63, 3.8) is 0 Å². The first kappa shape index (κ1) is 14.7. The molecule has 2 aromatic heterocycles. The lowest BCUT2D eigenvalue weighted by molar-refractivity contribution is 0.0910. The number of carbonyl (C=O) groups excluding carboxylic acids is 1. The molecule has 1 aliphatic carbocycles. The maximum atomic E-state index is 12.6. The fraction of sp³-hybridized carbons (Fsp3) is 0.571. The molecular weight excluding hydrogens is 304 g/mol. The molecule has 0 aromatic carbocycles. The number of carbonyl (C=O) groups is 1. The van der Waals surface area contributed by atoms with Crippen LogP contribution in [-0.2, 0) is 6.42 Å². The summed E-state index contributed by atoms with van der Waals surface area (Å²) in [5.41, 5.74) is 1.99. The lowest BCUT2D eigenvalue weighted by Gasteiger charge is -2.29. The van der Waals surface area contributed by atoms with Crippen molar-refractivity contribution in [1.29, 1.82) is 0 Å². The second-order valence-electron chi connectivity index (χ2n) is 6.42. The molecule has 21 heavy (non-hydrogen) atoms. The lowest BCUT2D eigenvalue weighted by atomic mass is 9.74. The Hall–Kier alpha value is -1.21. The van der Waals surface area contributed by atoms with E-state index in [0.717, 1.165) is 26.6 Å². The first-order valence-electron chi connectivity index (χ1n) is 6.97. The molecule has 3 rings (SSSR count). The molecule has 2 aromatic rings. The van der Waals surface area contributed by atoms with Gasteiger partial charge in [-0.2, -0.15) is 5.21 Å². The van der Waals surface area contributed by atoms with Gasteiger partial charge in [0.15, 0.2) is 5.78 Å². The van der Waals surface area contributed by atoms with Gasteiger partial charge in [-0.05, 0) is 22.6 Å². The molecule has 0 unspecified atom stereocenters. The number of tetrazole rings is 1. The number of fused-ring (bicyclic) bond motifs is 1. The minimum absolute atomic E-state index is 0.0105. The maximum Gasteiger partial charge on any atom is 0.214 e. The van der Waals surface area contributed by atoms with E-state index < -0.39 is 0 Å². The summed E-state index contributed by atoms with van der Waals surface area (Å²) >= 11 is 3.37. The van der Waals surface area contributed by atoms with Crippen molar-refractivity contribution in [2.45, 2.75) is 50.0 Å². The highest BCUT2D eigenvalue weighted by Crippen LogP contribution is 2.48. The third-order valence-electron chi connectivity index (χ3n) is 3.44. The zero-order valence-electron chi connectivity index (χ0n) is 12.6. The summed E-state index contributed by atoms with van der Waals surface area (Å²) in [5, 5.41) is 14.8. The average Bonchev–Trinajstić information content (AvgIpc) is 2.94. The van der Waals surface area contributed by atoms with Crippen LogP contribution in [0.25, 0.3) is 10.7 Å². The number of nitrogens with zero attached hydrogens (tertiary/aromatic N) is 3. The van der Waals surface area contributed by atoms with E-state index in [-0.39, 0.29) is 11.2 Å². The molecule has 0 spiro atoms. The van der Waals surface area contributed by atoms with Gasteiger partial charge in [0.25, 0.3) is 0 Å². The standard InChI is InChI=1S/C14H18N4OS2/c1-7(2)20-13-10-8(5-14(3,4)6-9(10)19)11(21-13)12-15-17-18-16-12/h7H,5-6H2,1-4H3,(H,15,16,17,18). The zero-order valence-corrected chi connectivity index (χ0v) is 14.2. The summed E-state index contributed by atoms with van der Waals surface area (Å²) in [7, 11) is 0. The number of rotatable bonds is 3. The van der Waals surface area contributed by atoms with Crippen LogP contribution in [0.2, 0.25) is 0 Å². The Labute approximate surface area is 131 Å². The first-order valence-corrected chi connectivity index (χ1v) is 8.66. The highest BCUT2D eigenvalue weighted by molar-refractivity contribution is 8.01. The molecule has 0 radical (unpaired) electrons. The molecule has 0 fully saturated rings. The number of hydrogen-bond acceptors (Lipinski definition) is 6. The fourth-order valence-electron chi connectivity index (χ4n) is 2.69.